The van der Waals surface area contributed by atoms with Crippen LogP contribution in [0.15, 0.2) is 18.2 Å². The zero-order valence-corrected chi connectivity index (χ0v) is 13.5. The minimum Gasteiger partial charge on any atom is -0.376 e. The molecule has 0 saturated carbocycles. The quantitative estimate of drug-likeness (QED) is 0.327. The van der Waals surface area contributed by atoms with Gasteiger partial charge in [-0.05, 0) is 30.4 Å². The summed E-state index contributed by atoms with van der Waals surface area (Å²) in [6, 6.07) is 1.53. The highest BCUT2D eigenvalue weighted by atomic mass is 32.2. The first-order valence-electron chi connectivity index (χ1n) is 7.25. The summed E-state index contributed by atoms with van der Waals surface area (Å²) >= 11 is 1.45. The van der Waals surface area contributed by atoms with Crippen molar-refractivity contribution in [1.82, 2.24) is 0 Å². The average molecular weight is 359 g/mol. The lowest BCUT2D eigenvalue weighted by Gasteiger charge is -2.15. The molecule has 0 aromatic heterocycles. The van der Waals surface area contributed by atoms with Crippen molar-refractivity contribution < 1.29 is 26.3 Å². The Bertz CT molecular complexity index is 452. The van der Waals surface area contributed by atoms with E-state index in [2.05, 4.69) is 12.2 Å². The monoisotopic (exact) mass is 359 g/mol. The number of benzene rings is 1. The molecule has 0 amide bonds. The van der Waals surface area contributed by atoms with Crippen LogP contribution in [0.4, 0.5) is 32.0 Å². The third kappa shape index (κ3) is 7.37. The maximum atomic E-state index is 12.7. The van der Waals surface area contributed by atoms with Gasteiger partial charge in [0.25, 0.3) is 0 Å². The smallest absolute Gasteiger partial charge is 0.376 e. The van der Waals surface area contributed by atoms with E-state index in [9.17, 15) is 26.3 Å². The summed E-state index contributed by atoms with van der Waals surface area (Å²) < 4.78 is 76.2. The van der Waals surface area contributed by atoms with E-state index < -0.39 is 23.5 Å². The van der Waals surface area contributed by atoms with Crippen molar-refractivity contribution in [1.29, 1.82) is 0 Å². The van der Waals surface area contributed by atoms with Gasteiger partial charge in [0.2, 0.25) is 0 Å². The van der Waals surface area contributed by atoms with Crippen molar-refractivity contribution in [3.63, 3.8) is 0 Å². The number of alkyl halides is 6. The van der Waals surface area contributed by atoms with Gasteiger partial charge in [0.05, 0.1) is 17.0 Å². The van der Waals surface area contributed by atoms with Gasteiger partial charge in [0.1, 0.15) is 0 Å². The Morgan fingerprint density at radius 3 is 1.91 bits per heavy atom. The second kappa shape index (κ2) is 8.70. The van der Waals surface area contributed by atoms with Gasteiger partial charge in [-0.25, -0.2) is 0 Å². The van der Waals surface area contributed by atoms with Crippen molar-refractivity contribution in [2.45, 2.75) is 45.0 Å². The third-order valence-corrected chi connectivity index (χ3v) is 4.03. The molecule has 1 aromatic carbocycles. The van der Waals surface area contributed by atoms with Crippen molar-refractivity contribution in [3.05, 3.63) is 29.3 Å². The van der Waals surface area contributed by atoms with E-state index in [1.54, 1.807) is 0 Å². The van der Waals surface area contributed by atoms with Crippen molar-refractivity contribution in [2.75, 3.05) is 16.9 Å². The number of unbranched alkanes of at least 4 members (excludes halogenated alkanes) is 3. The molecule has 1 rings (SSSR count). The summed E-state index contributed by atoms with van der Waals surface area (Å²) in [5.74, 6) is 1.09. The van der Waals surface area contributed by atoms with Crippen LogP contribution in [0.3, 0.4) is 0 Å². The highest BCUT2D eigenvalue weighted by Gasteiger charge is 2.36. The van der Waals surface area contributed by atoms with Gasteiger partial charge in [0.15, 0.2) is 0 Å². The predicted octanol–water partition coefficient (Wildman–Crippen LogP) is 6.41. The zero-order valence-electron chi connectivity index (χ0n) is 12.7. The maximum absolute atomic E-state index is 12.7. The molecule has 0 heterocycles. The molecule has 0 saturated heterocycles. The second-order valence-electron chi connectivity index (χ2n) is 5.08. The predicted molar refractivity (Wildman–Crippen MR) is 81.5 cm³/mol. The van der Waals surface area contributed by atoms with E-state index >= 15 is 0 Å². The van der Waals surface area contributed by atoms with Crippen LogP contribution in [-0.4, -0.2) is 11.6 Å². The number of hydrogen-bond donors (Lipinski definition) is 1. The summed E-state index contributed by atoms with van der Waals surface area (Å²) in [5.41, 5.74) is -2.78. The van der Waals surface area contributed by atoms with Crippen LogP contribution >= 0.6 is 11.8 Å². The fourth-order valence-corrected chi connectivity index (χ4v) is 2.72. The fraction of sp³-hybridized carbons (Fsp3) is 0.600. The molecule has 0 aliphatic carbocycles. The molecule has 0 aliphatic heterocycles. The molecule has 23 heavy (non-hydrogen) atoms. The number of halogens is 6. The number of thioether (sulfide) groups is 1. The molecule has 0 atom stereocenters. The number of hydrogen-bond acceptors (Lipinski definition) is 2. The molecule has 1 nitrogen and oxygen atoms in total. The third-order valence-electron chi connectivity index (χ3n) is 3.11. The minimum atomic E-state index is -4.81. The molecular weight excluding hydrogens is 340 g/mol. The molecule has 8 heteroatoms. The SMILES string of the molecule is CCCCCCSCNc1cc(C(F)(F)F)cc(C(F)(F)F)c1. The van der Waals surface area contributed by atoms with Crippen LogP contribution in [0.1, 0.15) is 43.7 Å². The summed E-state index contributed by atoms with van der Waals surface area (Å²) in [6.07, 6.45) is -5.35. The molecule has 1 aromatic rings. The number of rotatable bonds is 8. The molecule has 0 unspecified atom stereocenters. The normalized spacial score (nSPS) is 12.5. The van der Waals surface area contributed by atoms with Crippen molar-refractivity contribution in [2.24, 2.45) is 0 Å². The topological polar surface area (TPSA) is 12.0 Å². The lowest BCUT2D eigenvalue weighted by atomic mass is 10.1. The van der Waals surface area contributed by atoms with Crippen LogP contribution in [-0.2, 0) is 12.4 Å². The minimum absolute atomic E-state index is 0.128. The molecule has 0 aliphatic rings. The first kappa shape index (κ1) is 20.0. The Morgan fingerprint density at radius 1 is 0.870 bits per heavy atom. The Kier molecular flexibility index (Phi) is 7.57. The van der Waals surface area contributed by atoms with Crippen molar-refractivity contribution >= 4 is 17.4 Å². The van der Waals surface area contributed by atoms with Gasteiger partial charge in [-0.1, -0.05) is 26.2 Å². The highest BCUT2D eigenvalue weighted by Crippen LogP contribution is 2.37. The Morgan fingerprint density at radius 2 is 1.43 bits per heavy atom. The number of nitrogens with one attached hydrogen (secondary N) is 1. The largest absolute Gasteiger partial charge is 0.416 e. The Labute approximate surface area is 135 Å². The zero-order chi connectivity index (χ0) is 17.5. The first-order chi connectivity index (χ1) is 10.6. The van der Waals surface area contributed by atoms with Gasteiger partial charge < -0.3 is 5.32 Å². The van der Waals surface area contributed by atoms with Crippen LogP contribution in [0.25, 0.3) is 0 Å². The number of anilines is 1. The second-order valence-corrected chi connectivity index (χ2v) is 6.19. The molecule has 132 valence electrons. The van der Waals surface area contributed by atoms with E-state index in [1.807, 2.05) is 0 Å². The summed E-state index contributed by atoms with van der Waals surface area (Å²) in [5, 5.41) is 2.62. The van der Waals surface area contributed by atoms with Crippen LogP contribution in [0.5, 0.6) is 0 Å². The lowest BCUT2D eigenvalue weighted by Crippen LogP contribution is -2.12. The van der Waals surface area contributed by atoms with E-state index in [-0.39, 0.29) is 17.6 Å². The standard InChI is InChI=1S/C15H19F6NS/c1-2-3-4-5-6-23-10-22-13-8-11(14(16,17)18)7-12(9-13)15(19,20)21/h7-9,22H,2-6,10H2,1H3. The lowest BCUT2D eigenvalue weighted by molar-refractivity contribution is -0.143. The molecule has 1 N–H and O–H groups in total. The first-order valence-corrected chi connectivity index (χ1v) is 8.41. The van der Waals surface area contributed by atoms with Gasteiger partial charge >= 0.3 is 12.4 Å². The molecule has 0 bridgehead atoms. The summed E-state index contributed by atoms with van der Waals surface area (Å²) in [7, 11) is 0. The van der Waals surface area contributed by atoms with E-state index in [1.165, 1.54) is 11.8 Å². The van der Waals surface area contributed by atoms with Gasteiger partial charge in [0, 0.05) is 5.69 Å². The van der Waals surface area contributed by atoms with E-state index in [0.29, 0.717) is 12.1 Å². The van der Waals surface area contributed by atoms with Crippen LogP contribution in [0, 0.1) is 0 Å². The van der Waals surface area contributed by atoms with E-state index in [0.717, 1.165) is 31.4 Å². The van der Waals surface area contributed by atoms with Crippen molar-refractivity contribution in [3.8, 4) is 0 Å². The summed E-state index contributed by atoms with van der Waals surface area (Å²) in [6.45, 7) is 2.08. The summed E-state index contributed by atoms with van der Waals surface area (Å²) in [4.78, 5) is 0. The maximum Gasteiger partial charge on any atom is 0.416 e. The Hall–Kier alpha value is -1.05. The molecular formula is C15H19F6NS. The molecule has 0 fully saturated rings. The van der Waals surface area contributed by atoms with E-state index in [4.69, 9.17) is 0 Å². The molecule has 0 spiro atoms. The van der Waals surface area contributed by atoms with Crippen LogP contribution in [0.2, 0.25) is 0 Å². The highest BCUT2D eigenvalue weighted by molar-refractivity contribution is 7.99. The Balaban J connectivity index is 2.67. The van der Waals surface area contributed by atoms with Crippen LogP contribution < -0.4 is 5.32 Å². The van der Waals surface area contributed by atoms with Gasteiger partial charge in [-0.3, -0.25) is 0 Å². The molecule has 0 radical (unpaired) electrons. The van der Waals surface area contributed by atoms with Gasteiger partial charge in [-0.2, -0.15) is 26.3 Å². The van der Waals surface area contributed by atoms with Gasteiger partial charge in [-0.15, -0.1) is 11.8 Å². The average Bonchev–Trinajstić information content (AvgIpc) is 2.44. The fourth-order valence-electron chi connectivity index (χ4n) is 1.89.